The summed E-state index contributed by atoms with van der Waals surface area (Å²) in [5, 5.41) is 9.37. The summed E-state index contributed by atoms with van der Waals surface area (Å²) in [7, 11) is 0. The van der Waals surface area contributed by atoms with Crippen LogP contribution < -0.4 is 0 Å². The molecular weight excluding hydrogens is 250 g/mol. The zero-order valence-corrected chi connectivity index (χ0v) is 11.3. The first-order valence-corrected chi connectivity index (χ1v) is 6.43. The molecule has 0 N–H and O–H groups in total. The Hall–Kier alpha value is -2.60. The smallest absolute Gasteiger partial charge is 0.339 e. The summed E-state index contributed by atoms with van der Waals surface area (Å²) in [5.41, 5.74) is 4.73. The molecule has 0 fully saturated rings. The van der Waals surface area contributed by atoms with Gasteiger partial charge in [-0.25, -0.2) is 4.79 Å². The van der Waals surface area contributed by atoms with Crippen LogP contribution in [-0.4, -0.2) is 5.97 Å². The predicted octanol–water partition coefficient (Wildman–Crippen LogP) is 3.43. The highest BCUT2D eigenvalue weighted by atomic mass is 16.5. The topological polar surface area (TPSA) is 50.1 Å². The molecule has 1 atom stereocenters. The highest BCUT2D eigenvalue weighted by Crippen LogP contribution is 2.38. The van der Waals surface area contributed by atoms with E-state index in [9.17, 15) is 10.1 Å². The first kappa shape index (κ1) is 12.4. The standard InChI is InChI=1S/C17H13NO2/c1-10-7-11(2)15(9-18)14(8-10)16-12-5-3-4-6-13(12)17(19)20-16/h3-8,16H,1-2H3. The van der Waals surface area contributed by atoms with Crippen molar-refractivity contribution in [1.29, 1.82) is 5.26 Å². The minimum atomic E-state index is -0.480. The molecule has 3 rings (SSSR count). The third-order valence-electron chi connectivity index (χ3n) is 3.59. The van der Waals surface area contributed by atoms with Gasteiger partial charge in [0.2, 0.25) is 0 Å². The number of hydrogen-bond donors (Lipinski definition) is 0. The fourth-order valence-corrected chi connectivity index (χ4v) is 2.74. The van der Waals surface area contributed by atoms with Crippen LogP contribution in [0.4, 0.5) is 0 Å². The van der Waals surface area contributed by atoms with Gasteiger partial charge in [0.25, 0.3) is 0 Å². The van der Waals surface area contributed by atoms with Crippen molar-refractivity contribution in [3.05, 3.63) is 69.8 Å². The van der Waals surface area contributed by atoms with E-state index in [4.69, 9.17) is 4.74 Å². The Morgan fingerprint density at radius 2 is 1.90 bits per heavy atom. The summed E-state index contributed by atoms with van der Waals surface area (Å²) < 4.78 is 5.48. The van der Waals surface area contributed by atoms with Crippen LogP contribution >= 0.6 is 0 Å². The maximum absolute atomic E-state index is 11.9. The van der Waals surface area contributed by atoms with E-state index in [0.717, 1.165) is 22.3 Å². The second-order valence-corrected chi connectivity index (χ2v) is 5.03. The van der Waals surface area contributed by atoms with Crippen molar-refractivity contribution in [3.63, 3.8) is 0 Å². The molecule has 1 aliphatic rings. The zero-order chi connectivity index (χ0) is 14.3. The normalized spacial score (nSPS) is 16.4. The lowest BCUT2D eigenvalue weighted by Gasteiger charge is -2.15. The Balaban J connectivity index is 2.22. The second kappa shape index (κ2) is 4.50. The van der Waals surface area contributed by atoms with Crippen molar-refractivity contribution in [2.45, 2.75) is 20.0 Å². The number of aryl methyl sites for hydroxylation is 2. The molecule has 0 aliphatic carbocycles. The number of hydrogen-bond acceptors (Lipinski definition) is 3. The lowest BCUT2D eigenvalue weighted by atomic mass is 9.92. The number of esters is 1. The molecule has 3 nitrogen and oxygen atoms in total. The quantitative estimate of drug-likeness (QED) is 0.740. The molecule has 98 valence electrons. The van der Waals surface area contributed by atoms with E-state index in [1.807, 2.05) is 44.2 Å². The number of carbonyl (C=O) groups is 1. The minimum Gasteiger partial charge on any atom is -0.449 e. The van der Waals surface area contributed by atoms with Crippen LogP contribution in [0.15, 0.2) is 36.4 Å². The van der Waals surface area contributed by atoms with E-state index < -0.39 is 6.10 Å². The molecule has 2 aromatic rings. The third-order valence-corrected chi connectivity index (χ3v) is 3.59. The molecule has 0 spiro atoms. The van der Waals surface area contributed by atoms with Crippen LogP contribution in [0.5, 0.6) is 0 Å². The number of fused-ring (bicyclic) bond motifs is 1. The summed E-state index contributed by atoms with van der Waals surface area (Å²) >= 11 is 0. The molecule has 0 saturated heterocycles. The molecule has 2 aromatic carbocycles. The number of benzene rings is 2. The molecule has 1 aliphatic heterocycles. The highest BCUT2D eigenvalue weighted by Gasteiger charge is 2.33. The minimum absolute atomic E-state index is 0.325. The van der Waals surface area contributed by atoms with Crippen molar-refractivity contribution in [2.75, 3.05) is 0 Å². The number of ether oxygens (including phenoxy) is 1. The lowest BCUT2D eigenvalue weighted by Crippen LogP contribution is -2.05. The van der Waals surface area contributed by atoms with Gasteiger partial charge in [0.05, 0.1) is 17.2 Å². The number of rotatable bonds is 1. The van der Waals surface area contributed by atoms with E-state index in [1.165, 1.54) is 0 Å². The van der Waals surface area contributed by atoms with Gasteiger partial charge in [0, 0.05) is 11.1 Å². The molecule has 0 aromatic heterocycles. The Bertz CT molecular complexity index is 756. The van der Waals surface area contributed by atoms with Crippen LogP contribution in [0.1, 0.15) is 44.3 Å². The predicted molar refractivity (Wildman–Crippen MR) is 74.3 cm³/mol. The van der Waals surface area contributed by atoms with Gasteiger partial charge in [-0.1, -0.05) is 35.9 Å². The van der Waals surface area contributed by atoms with Crippen molar-refractivity contribution >= 4 is 5.97 Å². The van der Waals surface area contributed by atoms with Crippen molar-refractivity contribution in [2.24, 2.45) is 0 Å². The molecule has 20 heavy (non-hydrogen) atoms. The van der Waals surface area contributed by atoms with Crippen LogP contribution in [0.3, 0.4) is 0 Å². The Kier molecular flexibility index (Phi) is 2.80. The first-order valence-electron chi connectivity index (χ1n) is 6.43. The Morgan fingerprint density at radius 1 is 1.15 bits per heavy atom. The van der Waals surface area contributed by atoms with Crippen LogP contribution in [0.25, 0.3) is 0 Å². The first-order chi connectivity index (χ1) is 9.61. The van der Waals surface area contributed by atoms with E-state index >= 15 is 0 Å². The van der Waals surface area contributed by atoms with Crippen LogP contribution in [-0.2, 0) is 4.74 Å². The van der Waals surface area contributed by atoms with E-state index in [-0.39, 0.29) is 5.97 Å². The summed E-state index contributed by atoms with van der Waals surface area (Å²) in [6, 6.07) is 13.4. The monoisotopic (exact) mass is 263 g/mol. The Morgan fingerprint density at radius 3 is 2.65 bits per heavy atom. The molecule has 1 unspecified atom stereocenters. The largest absolute Gasteiger partial charge is 0.449 e. The molecular formula is C17H13NO2. The molecule has 0 saturated carbocycles. The Labute approximate surface area is 117 Å². The van der Waals surface area contributed by atoms with Gasteiger partial charge in [-0.15, -0.1) is 0 Å². The average molecular weight is 263 g/mol. The summed E-state index contributed by atoms with van der Waals surface area (Å²) in [5.74, 6) is -0.325. The van der Waals surface area contributed by atoms with E-state index in [2.05, 4.69) is 6.07 Å². The highest BCUT2D eigenvalue weighted by molar-refractivity contribution is 5.94. The molecule has 0 amide bonds. The van der Waals surface area contributed by atoms with Crippen LogP contribution in [0, 0.1) is 25.2 Å². The average Bonchev–Trinajstić information content (AvgIpc) is 2.76. The second-order valence-electron chi connectivity index (χ2n) is 5.03. The molecule has 0 bridgehead atoms. The maximum Gasteiger partial charge on any atom is 0.339 e. The summed E-state index contributed by atoms with van der Waals surface area (Å²) in [6.07, 6.45) is -0.480. The van der Waals surface area contributed by atoms with Gasteiger partial charge < -0.3 is 4.74 Å². The van der Waals surface area contributed by atoms with Crippen LogP contribution in [0.2, 0.25) is 0 Å². The van der Waals surface area contributed by atoms with Crippen molar-refractivity contribution in [1.82, 2.24) is 0 Å². The molecule has 1 heterocycles. The number of nitrogens with zero attached hydrogens (tertiary/aromatic N) is 1. The van der Waals surface area contributed by atoms with E-state index in [0.29, 0.717) is 11.1 Å². The van der Waals surface area contributed by atoms with E-state index in [1.54, 1.807) is 6.07 Å². The fourth-order valence-electron chi connectivity index (χ4n) is 2.74. The lowest BCUT2D eigenvalue weighted by molar-refractivity contribution is 0.0455. The third kappa shape index (κ3) is 1.78. The summed E-state index contributed by atoms with van der Waals surface area (Å²) in [6.45, 7) is 3.87. The van der Waals surface area contributed by atoms with Gasteiger partial charge in [-0.3, -0.25) is 0 Å². The number of cyclic esters (lactones) is 1. The van der Waals surface area contributed by atoms with Gasteiger partial charge >= 0.3 is 5.97 Å². The fraction of sp³-hybridized carbons (Fsp3) is 0.176. The van der Waals surface area contributed by atoms with Gasteiger partial charge in [-0.05, 0) is 25.5 Å². The molecule has 3 heteroatoms. The van der Waals surface area contributed by atoms with Gasteiger partial charge in [0.1, 0.15) is 0 Å². The maximum atomic E-state index is 11.9. The number of carbonyl (C=O) groups excluding carboxylic acids is 1. The summed E-state index contributed by atoms with van der Waals surface area (Å²) in [4.78, 5) is 11.9. The van der Waals surface area contributed by atoms with Gasteiger partial charge in [0.15, 0.2) is 6.10 Å². The zero-order valence-electron chi connectivity index (χ0n) is 11.3. The van der Waals surface area contributed by atoms with Crippen molar-refractivity contribution in [3.8, 4) is 6.07 Å². The molecule has 0 radical (unpaired) electrons. The van der Waals surface area contributed by atoms with Gasteiger partial charge in [-0.2, -0.15) is 5.26 Å². The SMILES string of the molecule is Cc1cc(C)c(C#N)c(C2OC(=O)c3ccccc32)c1. The number of nitriles is 1. The van der Waals surface area contributed by atoms with Crippen molar-refractivity contribution < 1.29 is 9.53 Å².